The van der Waals surface area contributed by atoms with Gasteiger partial charge in [0.1, 0.15) is 0 Å². The summed E-state index contributed by atoms with van der Waals surface area (Å²) in [4.78, 5) is 0. The molecule has 0 spiro atoms. The van der Waals surface area contributed by atoms with Crippen LogP contribution in [0.15, 0.2) is 24.3 Å². The van der Waals surface area contributed by atoms with Crippen molar-refractivity contribution in [3.63, 3.8) is 0 Å². The standard InChI is InChI=1S/C18H28ClN/c1-18(2,3)15-9-7-14(8-10-15)17(20)12-13-5-4-6-16(19)11-13/h4-6,11,14-15,17H,7-10,12,20H2,1-3H3. The van der Waals surface area contributed by atoms with E-state index in [0.29, 0.717) is 11.3 Å². The lowest BCUT2D eigenvalue weighted by Gasteiger charge is -2.38. The van der Waals surface area contributed by atoms with Crippen LogP contribution in [-0.4, -0.2) is 6.04 Å². The number of rotatable bonds is 3. The van der Waals surface area contributed by atoms with E-state index in [1.807, 2.05) is 18.2 Å². The Balaban J connectivity index is 1.87. The Morgan fingerprint density at radius 3 is 2.40 bits per heavy atom. The van der Waals surface area contributed by atoms with Crippen LogP contribution < -0.4 is 5.73 Å². The quantitative estimate of drug-likeness (QED) is 0.828. The second-order valence-corrected chi connectivity index (χ2v) is 7.91. The number of hydrogen-bond acceptors (Lipinski definition) is 1. The number of halogens is 1. The molecule has 0 saturated heterocycles. The third-order valence-corrected chi connectivity index (χ3v) is 5.20. The normalized spacial score (nSPS) is 25.4. The molecule has 0 aliphatic heterocycles. The van der Waals surface area contributed by atoms with Gasteiger partial charge < -0.3 is 5.73 Å². The summed E-state index contributed by atoms with van der Waals surface area (Å²) in [6.07, 6.45) is 6.17. The first-order valence-corrected chi connectivity index (χ1v) is 8.24. The summed E-state index contributed by atoms with van der Waals surface area (Å²) in [5.74, 6) is 1.53. The second-order valence-electron chi connectivity index (χ2n) is 7.48. The summed E-state index contributed by atoms with van der Waals surface area (Å²) in [5.41, 5.74) is 8.16. The highest BCUT2D eigenvalue weighted by atomic mass is 35.5. The van der Waals surface area contributed by atoms with E-state index in [2.05, 4.69) is 26.8 Å². The van der Waals surface area contributed by atoms with E-state index in [-0.39, 0.29) is 6.04 Å². The van der Waals surface area contributed by atoms with Crippen LogP contribution in [0, 0.1) is 17.3 Å². The molecule has 0 amide bonds. The Labute approximate surface area is 128 Å². The van der Waals surface area contributed by atoms with Gasteiger partial charge in [0.25, 0.3) is 0 Å². The predicted octanol–water partition coefficient (Wildman–Crippen LogP) is 5.06. The molecule has 1 aliphatic rings. The molecular weight excluding hydrogens is 266 g/mol. The van der Waals surface area contributed by atoms with Crippen LogP contribution in [0.25, 0.3) is 0 Å². The minimum absolute atomic E-state index is 0.273. The average molecular weight is 294 g/mol. The summed E-state index contributed by atoms with van der Waals surface area (Å²) >= 11 is 6.04. The van der Waals surface area contributed by atoms with Gasteiger partial charge in [-0.2, -0.15) is 0 Å². The lowest BCUT2D eigenvalue weighted by atomic mass is 9.68. The number of nitrogens with two attached hydrogens (primary N) is 1. The largest absolute Gasteiger partial charge is 0.327 e. The third-order valence-electron chi connectivity index (χ3n) is 4.96. The Morgan fingerprint density at radius 1 is 1.20 bits per heavy atom. The Hall–Kier alpha value is -0.530. The van der Waals surface area contributed by atoms with Crippen molar-refractivity contribution in [1.82, 2.24) is 0 Å². The fourth-order valence-corrected chi connectivity index (χ4v) is 3.73. The molecule has 1 aliphatic carbocycles. The molecule has 1 saturated carbocycles. The van der Waals surface area contributed by atoms with Crippen molar-refractivity contribution >= 4 is 11.6 Å². The van der Waals surface area contributed by atoms with E-state index in [9.17, 15) is 0 Å². The van der Waals surface area contributed by atoms with E-state index in [0.717, 1.165) is 17.4 Å². The summed E-state index contributed by atoms with van der Waals surface area (Å²) < 4.78 is 0. The summed E-state index contributed by atoms with van der Waals surface area (Å²) in [6.45, 7) is 7.09. The molecule has 1 atom stereocenters. The van der Waals surface area contributed by atoms with E-state index in [1.165, 1.54) is 31.2 Å². The van der Waals surface area contributed by atoms with Crippen molar-refractivity contribution in [2.24, 2.45) is 23.0 Å². The highest BCUT2D eigenvalue weighted by Gasteiger charge is 2.31. The summed E-state index contributed by atoms with van der Waals surface area (Å²) in [5, 5.41) is 0.811. The van der Waals surface area contributed by atoms with E-state index >= 15 is 0 Å². The zero-order valence-corrected chi connectivity index (χ0v) is 13.8. The molecule has 0 aromatic heterocycles. The average Bonchev–Trinajstić information content (AvgIpc) is 2.38. The van der Waals surface area contributed by atoms with E-state index < -0.39 is 0 Å². The molecule has 2 rings (SSSR count). The van der Waals surface area contributed by atoms with Crippen LogP contribution in [0.3, 0.4) is 0 Å². The predicted molar refractivity (Wildman–Crippen MR) is 88.0 cm³/mol. The molecule has 1 nitrogen and oxygen atoms in total. The van der Waals surface area contributed by atoms with E-state index in [4.69, 9.17) is 17.3 Å². The SMILES string of the molecule is CC(C)(C)C1CCC(C(N)Cc2cccc(Cl)c2)CC1. The highest BCUT2D eigenvalue weighted by Crippen LogP contribution is 2.40. The van der Waals surface area contributed by atoms with Crippen molar-refractivity contribution in [2.75, 3.05) is 0 Å². The van der Waals surface area contributed by atoms with Gasteiger partial charge in [-0.3, -0.25) is 0 Å². The van der Waals surface area contributed by atoms with Gasteiger partial charge in [-0.1, -0.05) is 44.5 Å². The number of benzene rings is 1. The second kappa shape index (κ2) is 6.49. The van der Waals surface area contributed by atoms with Crippen molar-refractivity contribution in [3.05, 3.63) is 34.9 Å². The van der Waals surface area contributed by atoms with Gasteiger partial charge in [-0.05, 0) is 67.1 Å². The van der Waals surface area contributed by atoms with Crippen LogP contribution >= 0.6 is 11.6 Å². The van der Waals surface area contributed by atoms with Crippen molar-refractivity contribution in [1.29, 1.82) is 0 Å². The maximum atomic E-state index is 6.44. The smallest absolute Gasteiger partial charge is 0.0408 e. The minimum Gasteiger partial charge on any atom is -0.327 e. The topological polar surface area (TPSA) is 26.0 Å². The fraction of sp³-hybridized carbons (Fsp3) is 0.667. The van der Waals surface area contributed by atoms with Gasteiger partial charge in [0.2, 0.25) is 0 Å². The van der Waals surface area contributed by atoms with Crippen molar-refractivity contribution in [3.8, 4) is 0 Å². The minimum atomic E-state index is 0.273. The molecule has 1 unspecified atom stereocenters. The summed E-state index contributed by atoms with van der Waals surface area (Å²) in [6, 6.07) is 8.38. The zero-order valence-electron chi connectivity index (χ0n) is 13.0. The molecule has 0 radical (unpaired) electrons. The maximum absolute atomic E-state index is 6.44. The first-order chi connectivity index (χ1) is 9.36. The monoisotopic (exact) mass is 293 g/mol. The van der Waals surface area contributed by atoms with E-state index in [1.54, 1.807) is 0 Å². The molecule has 1 fully saturated rings. The molecular formula is C18H28ClN. The molecule has 20 heavy (non-hydrogen) atoms. The molecule has 2 N–H and O–H groups in total. The van der Waals surface area contributed by atoms with Crippen LogP contribution in [0.1, 0.15) is 52.0 Å². The molecule has 0 heterocycles. The number of hydrogen-bond donors (Lipinski definition) is 1. The van der Waals surface area contributed by atoms with Crippen LogP contribution in [0.4, 0.5) is 0 Å². The van der Waals surface area contributed by atoms with Crippen LogP contribution in [-0.2, 0) is 6.42 Å². The highest BCUT2D eigenvalue weighted by molar-refractivity contribution is 6.30. The summed E-state index contributed by atoms with van der Waals surface area (Å²) in [7, 11) is 0. The third kappa shape index (κ3) is 4.23. The van der Waals surface area contributed by atoms with Gasteiger partial charge in [0.05, 0.1) is 0 Å². The van der Waals surface area contributed by atoms with Gasteiger partial charge >= 0.3 is 0 Å². The Kier molecular flexibility index (Phi) is 5.14. The molecule has 0 bridgehead atoms. The first kappa shape index (κ1) is 15.9. The van der Waals surface area contributed by atoms with Crippen LogP contribution in [0.5, 0.6) is 0 Å². The van der Waals surface area contributed by atoms with Gasteiger partial charge in [-0.15, -0.1) is 0 Å². The molecule has 1 aromatic carbocycles. The molecule has 2 heteroatoms. The van der Waals surface area contributed by atoms with Gasteiger partial charge in [0, 0.05) is 11.1 Å². The lowest BCUT2D eigenvalue weighted by molar-refractivity contribution is 0.139. The zero-order chi connectivity index (χ0) is 14.8. The molecule has 1 aromatic rings. The first-order valence-electron chi connectivity index (χ1n) is 7.86. The fourth-order valence-electron chi connectivity index (χ4n) is 3.52. The molecule has 112 valence electrons. The maximum Gasteiger partial charge on any atom is 0.0408 e. The van der Waals surface area contributed by atoms with Gasteiger partial charge in [0.15, 0.2) is 0 Å². The van der Waals surface area contributed by atoms with Crippen LogP contribution in [0.2, 0.25) is 5.02 Å². The van der Waals surface area contributed by atoms with Gasteiger partial charge in [-0.25, -0.2) is 0 Å². The lowest BCUT2D eigenvalue weighted by Crippen LogP contribution is -2.36. The Bertz CT molecular complexity index is 427. The van der Waals surface area contributed by atoms with Crippen molar-refractivity contribution in [2.45, 2.75) is 58.9 Å². The Morgan fingerprint density at radius 2 is 1.85 bits per heavy atom. The van der Waals surface area contributed by atoms with Crippen molar-refractivity contribution < 1.29 is 0 Å².